The summed E-state index contributed by atoms with van der Waals surface area (Å²) in [6.45, 7) is 1.82. The zero-order valence-electron chi connectivity index (χ0n) is 13.6. The quantitative estimate of drug-likeness (QED) is 0.777. The highest BCUT2D eigenvalue weighted by Crippen LogP contribution is 2.33. The minimum absolute atomic E-state index is 0.244. The first-order valence-corrected chi connectivity index (χ1v) is 8.42. The predicted octanol–water partition coefficient (Wildman–Crippen LogP) is 3.58. The van der Waals surface area contributed by atoms with E-state index < -0.39 is 0 Å². The van der Waals surface area contributed by atoms with Gasteiger partial charge in [0.2, 0.25) is 5.91 Å². The number of amides is 1. The lowest BCUT2D eigenvalue weighted by atomic mass is 9.86. The van der Waals surface area contributed by atoms with Gasteiger partial charge in [-0.25, -0.2) is 4.39 Å². The highest BCUT2D eigenvalue weighted by molar-refractivity contribution is 5.76. The SMILES string of the molecule is COc1ccc(CCCC(=O)N2C[C@@H]3CC=CC[C@H]3C2)cc1F. The average molecular weight is 317 g/mol. The van der Waals surface area contributed by atoms with Crippen molar-refractivity contribution in [3.05, 3.63) is 41.7 Å². The molecule has 0 aromatic heterocycles. The highest BCUT2D eigenvalue weighted by atomic mass is 19.1. The number of likely N-dealkylation sites (tertiary alicyclic amines) is 1. The summed E-state index contributed by atoms with van der Waals surface area (Å²) in [5.41, 5.74) is 0.912. The van der Waals surface area contributed by atoms with Crippen molar-refractivity contribution >= 4 is 5.91 Å². The van der Waals surface area contributed by atoms with Gasteiger partial charge in [-0.05, 0) is 55.2 Å². The van der Waals surface area contributed by atoms with E-state index in [4.69, 9.17) is 4.74 Å². The number of methoxy groups -OCH3 is 1. The van der Waals surface area contributed by atoms with Gasteiger partial charge in [-0.3, -0.25) is 4.79 Å². The summed E-state index contributed by atoms with van der Waals surface area (Å²) in [6.07, 6.45) is 8.73. The van der Waals surface area contributed by atoms with Gasteiger partial charge < -0.3 is 9.64 Å². The standard InChI is InChI=1S/C19H24FNO2/c1-23-18-10-9-14(11-17(18)20)5-4-8-19(22)21-12-15-6-2-3-7-16(15)13-21/h2-3,9-11,15-16H,4-8,12-13H2,1H3/t15-,16-/m0/s1. The number of halogens is 1. The number of hydrogen-bond acceptors (Lipinski definition) is 2. The highest BCUT2D eigenvalue weighted by Gasteiger charge is 2.34. The second kappa shape index (κ2) is 7.16. The third kappa shape index (κ3) is 3.74. The maximum absolute atomic E-state index is 13.6. The fraction of sp³-hybridized carbons (Fsp3) is 0.526. The molecule has 1 fully saturated rings. The lowest BCUT2D eigenvalue weighted by Gasteiger charge is -2.17. The summed E-state index contributed by atoms with van der Waals surface area (Å²) in [5.74, 6) is 1.47. The number of rotatable bonds is 5. The Kier molecular flexibility index (Phi) is 4.99. The van der Waals surface area contributed by atoms with Crippen LogP contribution in [0, 0.1) is 17.7 Å². The van der Waals surface area contributed by atoms with Gasteiger partial charge in [0.05, 0.1) is 7.11 Å². The van der Waals surface area contributed by atoms with E-state index in [2.05, 4.69) is 12.2 Å². The van der Waals surface area contributed by atoms with Gasteiger partial charge >= 0.3 is 0 Å². The zero-order chi connectivity index (χ0) is 16.2. The van der Waals surface area contributed by atoms with E-state index in [0.717, 1.165) is 44.3 Å². The van der Waals surface area contributed by atoms with Crippen molar-refractivity contribution in [1.82, 2.24) is 4.90 Å². The monoisotopic (exact) mass is 317 g/mol. The third-order valence-corrected chi connectivity index (χ3v) is 5.05. The van der Waals surface area contributed by atoms with Crippen LogP contribution in [-0.2, 0) is 11.2 Å². The van der Waals surface area contributed by atoms with Crippen molar-refractivity contribution in [1.29, 1.82) is 0 Å². The molecule has 1 amide bonds. The van der Waals surface area contributed by atoms with Gasteiger partial charge in [-0.15, -0.1) is 0 Å². The van der Waals surface area contributed by atoms with Crippen LogP contribution in [0.1, 0.15) is 31.2 Å². The minimum atomic E-state index is -0.340. The fourth-order valence-electron chi connectivity index (χ4n) is 3.69. The molecule has 4 heteroatoms. The first-order chi connectivity index (χ1) is 11.2. The molecule has 2 aliphatic rings. The Balaban J connectivity index is 1.45. The molecule has 1 aromatic rings. The first-order valence-electron chi connectivity index (χ1n) is 8.42. The summed E-state index contributed by atoms with van der Waals surface area (Å²) in [7, 11) is 1.46. The molecule has 2 atom stereocenters. The molecule has 3 nitrogen and oxygen atoms in total. The molecule has 1 saturated heterocycles. The van der Waals surface area contributed by atoms with Gasteiger partial charge in [0.1, 0.15) is 0 Å². The summed E-state index contributed by atoms with van der Waals surface area (Å²) in [4.78, 5) is 14.4. The predicted molar refractivity (Wildman–Crippen MR) is 87.8 cm³/mol. The molecule has 0 unspecified atom stereocenters. The van der Waals surface area contributed by atoms with Crippen LogP contribution in [0.5, 0.6) is 5.75 Å². The molecule has 0 radical (unpaired) electrons. The second-order valence-corrected chi connectivity index (χ2v) is 6.58. The van der Waals surface area contributed by atoms with E-state index in [1.165, 1.54) is 13.2 Å². The molecule has 124 valence electrons. The lowest BCUT2D eigenvalue weighted by Crippen LogP contribution is -2.28. The van der Waals surface area contributed by atoms with Crippen LogP contribution in [0.15, 0.2) is 30.4 Å². The van der Waals surface area contributed by atoms with Crippen molar-refractivity contribution in [3.8, 4) is 5.75 Å². The largest absolute Gasteiger partial charge is 0.494 e. The lowest BCUT2D eigenvalue weighted by molar-refractivity contribution is -0.130. The molecule has 0 bridgehead atoms. The fourth-order valence-corrected chi connectivity index (χ4v) is 3.69. The molecule has 1 aliphatic carbocycles. The smallest absolute Gasteiger partial charge is 0.222 e. The van der Waals surface area contributed by atoms with Gasteiger partial charge in [0, 0.05) is 19.5 Å². The summed E-state index contributed by atoms with van der Waals surface area (Å²) >= 11 is 0. The van der Waals surface area contributed by atoms with E-state index in [-0.39, 0.29) is 17.5 Å². The Morgan fingerprint density at radius 3 is 2.57 bits per heavy atom. The number of ether oxygens (including phenoxy) is 1. The van der Waals surface area contributed by atoms with Gasteiger partial charge in [-0.1, -0.05) is 18.2 Å². The van der Waals surface area contributed by atoms with Gasteiger partial charge in [0.15, 0.2) is 11.6 Å². The number of benzene rings is 1. The van der Waals surface area contributed by atoms with Crippen molar-refractivity contribution in [2.24, 2.45) is 11.8 Å². The topological polar surface area (TPSA) is 29.5 Å². The van der Waals surface area contributed by atoms with Crippen molar-refractivity contribution in [2.45, 2.75) is 32.1 Å². The summed E-state index contributed by atoms with van der Waals surface area (Å²) in [5, 5.41) is 0. The second-order valence-electron chi connectivity index (χ2n) is 6.58. The number of carbonyl (C=O) groups is 1. The molecule has 0 N–H and O–H groups in total. The molecule has 1 heterocycles. The molecular weight excluding hydrogens is 293 g/mol. The number of allylic oxidation sites excluding steroid dienone is 2. The number of aryl methyl sites for hydroxylation is 1. The third-order valence-electron chi connectivity index (χ3n) is 5.05. The van der Waals surface area contributed by atoms with Crippen molar-refractivity contribution < 1.29 is 13.9 Å². The molecular formula is C19H24FNO2. The normalized spacial score (nSPS) is 23.0. The molecule has 1 aromatic carbocycles. The summed E-state index contributed by atoms with van der Waals surface area (Å²) < 4.78 is 18.6. The molecule has 23 heavy (non-hydrogen) atoms. The van der Waals surface area contributed by atoms with Crippen molar-refractivity contribution in [2.75, 3.05) is 20.2 Å². The van der Waals surface area contributed by atoms with Crippen LogP contribution in [0.2, 0.25) is 0 Å². The molecule has 0 spiro atoms. The Morgan fingerprint density at radius 2 is 1.96 bits per heavy atom. The van der Waals surface area contributed by atoms with E-state index in [9.17, 15) is 9.18 Å². The van der Waals surface area contributed by atoms with Gasteiger partial charge in [0.25, 0.3) is 0 Å². The Labute approximate surface area is 137 Å². The number of fused-ring (bicyclic) bond motifs is 1. The van der Waals surface area contributed by atoms with Crippen LogP contribution < -0.4 is 4.74 Å². The zero-order valence-corrected chi connectivity index (χ0v) is 13.6. The Hall–Kier alpha value is -1.84. The molecule has 1 aliphatic heterocycles. The summed E-state index contributed by atoms with van der Waals surface area (Å²) in [6, 6.07) is 5.01. The first kappa shape index (κ1) is 16.0. The Bertz CT molecular complexity index is 583. The van der Waals surface area contributed by atoms with E-state index in [1.54, 1.807) is 6.07 Å². The Morgan fingerprint density at radius 1 is 1.26 bits per heavy atom. The maximum atomic E-state index is 13.6. The van der Waals surface area contributed by atoms with E-state index in [0.29, 0.717) is 18.3 Å². The van der Waals surface area contributed by atoms with Crippen LogP contribution in [0.25, 0.3) is 0 Å². The van der Waals surface area contributed by atoms with Crippen LogP contribution in [0.4, 0.5) is 4.39 Å². The van der Waals surface area contributed by atoms with Gasteiger partial charge in [-0.2, -0.15) is 0 Å². The number of carbonyl (C=O) groups excluding carboxylic acids is 1. The molecule has 3 rings (SSSR count). The van der Waals surface area contributed by atoms with Crippen LogP contribution in [0.3, 0.4) is 0 Å². The molecule has 0 saturated carbocycles. The number of hydrogen-bond donors (Lipinski definition) is 0. The average Bonchev–Trinajstić information content (AvgIpc) is 2.99. The van der Waals surface area contributed by atoms with Crippen LogP contribution in [-0.4, -0.2) is 31.0 Å². The van der Waals surface area contributed by atoms with E-state index >= 15 is 0 Å². The number of nitrogens with zero attached hydrogens (tertiary/aromatic N) is 1. The minimum Gasteiger partial charge on any atom is -0.494 e. The van der Waals surface area contributed by atoms with Crippen LogP contribution >= 0.6 is 0 Å². The van der Waals surface area contributed by atoms with Crippen molar-refractivity contribution in [3.63, 3.8) is 0 Å². The maximum Gasteiger partial charge on any atom is 0.222 e. The van der Waals surface area contributed by atoms with E-state index in [1.807, 2.05) is 11.0 Å².